The van der Waals surface area contributed by atoms with E-state index >= 15 is 0 Å². The van der Waals surface area contributed by atoms with Crippen LogP contribution in [0.5, 0.6) is 0 Å². The zero-order chi connectivity index (χ0) is 14.7. The lowest BCUT2D eigenvalue weighted by molar-refractivity contribution is -0.115. The van der Waals surface area contributed by atoms with Crippen LogP contribution in [-0.4, -0.2) is 15.5 Å². The largest absolute Gasteiger partial charge is 0.347 e. The predicted octanol–water partition coefficient (Wildman–Crippen LogP) is 3.24. The van der Waals surface area contributed by atoms with E-state index in [1.165, 1.54) is 5.52 Å². The fraction of sp³-hybridized carbons (Fsp3) is 0.176. The number of nitrogens with zero attached hydrogens (tertiary/aromatic N) is 2. The summed E-state index contributed by atoms with van der Waals surface area (Å²) in [7, 11) is 0. The van der Waals surface area contributed by atoms with Gasteiger partial charge < -0.3 is 9.88 Å². The van der Waals surface area contributed by atoms with Gasteiger partial charge in [-0.05, 0) is 30.7 Å². The maximum absolute atomic E-state index is 12.2. The molecule has 106 valence electrons. The molecular formula is C17H17N3O. The quantitative estimate of drug-likeness (QED) is 0.797. The lowest BCUT2D eigenvalue weighted by atomic mass is 10.1. The van der Waals surface area contributed by atoms with Crippen LogP contribution in [-0.2, 0) is 17.8 Å². The number of para-hydroxylation sites is 1. The standard InChI is InChI=1S/C17H17N3O/c1-2-20-12-13(15-5-3-4-6-16(15)20)11-17(21)19-14-7-9-18-10-8-14/h3-10,12H,2,11H2,1H3,(H,18,19,21). The van der Waals surface area contributed by atoms with Crippen molar-refractivity contribution in [2.24, 2.45) is 0 Å². The van der Waals surface area contributed by atoms with Crippen molar-refractivity contribution in [3.63, 3.8) is 0 Å². The molecule has 1 amide bonds. The Morgan fingerprint density at radius 1 is 1.19 bits per heavy atom. The number of carbonyl (C=O) groups excluding carboxylic acids is 1. The SMILES string of the molecule is CCn1cc(CC(=O)Nc2ccncc2)c2ccccc21. The van der Waals surface area contributed by atoms with Gasteiger partial charge in [-0.15, -0.1) is 0 Å². The van der Waals surface area contributed by atoms with Gasteiger partial charge in [-0.2, -0.15) is 0 Å². The molecule has 1 N–H and O–H groups in total. The number of pyridine rings is 1. The van der Waals surface area contributed by atoms with Crippen LogP contribution >= 0.6 is 0 Å². The highest BCUT2D eigenvalue weighted by Crippen LogP contribution is 2.22. The van der Waals surface area contributed by atoms with Crippen LogP contribution in [0, 0.1) is 0 Å². The fourth-order valence-electron chi connectivity index (χ4n) is 2.54. The van der Waals surface area contributed by atoms with Gasteiger partial charge >= 0.3 is 0 Å². The van der Waals surface area contributed by atoms with Crippen molar-refractivity contribution < 1.29 is 4.79 Å². The van der Waals surface area contributed by atoms with Crippen LogP contribution in [0.4, 0.5) is 5.69 Å². The van der Waals surface area contributed by atoms with E-state index in [-0.39, 0.29) is 5.91 Å². The number of hydrogen-bond acceptors (Lipinski definition) is 2. The number of carbonyl (C=O) groups is 1. The van der Waals surface area contributed by atoms with Gasteiger partial charge in [0, 0.05) is 41.7 Å². The second-order valence-corrected chi connectivity index (χ2v) is 4.92. The Morgan fingerprint density at radius 2 is 1.95 bits per heavy atom. The molecule has 0 saturated carbocycles. The van der Waals surface area contributed by atoms with Gasteiger partial charge in [0.2, 0.25) is 5.91 Å². The number of rotatable bonds is 4. The van der Waals surface area contributed by atoms with Crippen LogP contribution in [0.25, 0.3) is 10.9 Å². The zero-order valence-corrected chi connectivity index (χ0v) is 11.9. The number of hydrogen-bond donors (Lipinski definition) is 1. The minimum Gasteiger partial charge on any atom is -0.347 e. The first kappa shape index (κ1) is 13.4. The molecule has 0 aliphatic heterocycles. The number of aromatic nitrogens is 2. The van der Waals surface area contributed by atoms with Crippen molar-refractivity contribution in [3.05, 3.63) is 60.6 Å². The lowest BCUT2D eigenvalue weighted by Crippen LogP contribution is -2.14. The van der Waals surface area contributed by atoms with E-state index in [9.17, 15) is 4.79 Å². The summed E-state index contributed by atoms with van der Waals surface area (Å²) in [6.07, 6.45) is 5.77. The van der Waals surface area contributed by atoms with E-state index in [1.54, 1.807) is 24.5 Å². The number of fused-ring (bicyclic) bond motifs is 1. The minimum absolute atomic E-state index is 0.0137. The number of benzene rings is 1. The molecule has 0 radical (unpaired) electrons. The van der Waals surface area contributed by atoms with Crippen LogP contribution in [0.2, 0.25) is 0 Å². The summed E-state index contributed by atoms with van der Waals surface area (Å²) >= 11 is 0. The molecule has 0 aliphatic carbocycles. The van der Waals surface area contributed by atoms with Gasteiger partial charge in [0.1, 0.15) is 0 Å². The monoisotopic (exact) mass is 279 g/mol. The molecule has 4 nitrogen and oxygen atoms in total. The van der Waals surface area contributed by atoms with E-state index in [1.807, 2.05) is 12.1 Å². The van der Waals surface area contributed by atoms with Crippen LogP contribution in [0.1, 0.15) is 12.5 Å². The molecule has 3 rings (SSSR count). The van der Waals surface area contributed by atoms with E-state index < -0.39 is 0 Å². The summed E-state index contributed by atoms with van der Waals surface area (Å²) in [6, 6.07) is 11.8. The Hall–Kier alpha value is -2.62. The van der Waals surface area contributed by atoms with Gasteiger partial charge in [-0.3, -0.25) is 9.78 Å². The Bertz CT molecular complexity index is 762. The Morgan fingerprint density at radius 3 is 2.71 bits per heavy atom. The first-order chi connectivity index (χ1) is 10.3. The van der Waals surface area contributed by atoms with E-state index in [4.69, 9.17) is 0 Å². The second kappa shape index (κ2) is 5.79. The molecule has 21 heavy (non-hydrogen) atoms. The summed E-state index contributed by atoms with van der Waals surface area (Å²) in [6.45, 7) is 3.00. The number of anilines is 1. The van der Waals surface area contributed by atoms with E-state index in [0.29, 0.717) is 6.42 Å². The minimum atomic E-state index is -0.0137. The van der Waals surface area contributed by atoms with Crippen LogP contribution in [0.3, 0.4) is 0 Å². The maximum Gasteiger partial charge on any atom is 0.228 e. The Kier molecular flexibility index (Phi) is 3.69. The summed E-state index contributed by atoms with van der Waals surface area (Å²) in [5, 5.41) is 4.04. The smallest absolute Gasteiger partial charge is 0.228 e. The number of nitrogens with one attached hydrogen (secondary N) is 1. The zero-order valence-electron chi connectivity index (χ0n) is 11.9. The third-order valence-electron chi connectivity index (χ3n) is 3.53. The van der Waals surface area contributed by atoms with Crippen LogP contribution < -0.4 is 5.32 Å². The van der Waals surface area contributed by atoms with Gasteiger partial charge in [-0.25, -0.2) is 0 Å². The molecular weight excluding hydrogens is 262 g/mol. The summed E-state index contributed by atoms with van der Waals surface area (Å²) < 4.78 is 2.17. The topological polar surface area (TPSA) is 46.9 Å². The molecule has 2 heterocycles. The third-order valence-corrected chi connectivity index (χ3v) is 3.53. The van der Waals surface area contributed by atoms with Crippen molar-refractivity contribution in [3.8, 4) is 0 Å². The summed E-state index contributed by atoms with van der Waals surface area (Å²) in [4.78, 5) is 16.1. The van der Waals surface area contributed by atoms with Crippen molar-refractivity contribution >= 4 is 22.5 Å². The molecule has 0 aliphatic rings. The molecule has 1 aromatic carbocycles. The van der Waals surface area contributed by atoms with Crippen molar-refractivity contribution in [2.75, 3.05) is 5.32 Å². The van der Waals surface area contributed by atoms with E-state index in [2.05, 4.69) is 40.1 Å². The maximum atomic E-state index is 12.2. The molecule has 0 saturated heterocycles. The van der Waals surface area contributed by atoms with Crippen molar-refractivity contribution in [1.82, 2.24) is 9.55 Å². The average Bonchev–Trinajstić information content (AvgIpc) is 2.86. The first-order valence-corrected chi connectivity index (χ1v) is 7.04. The third kappa shape index (κ3) is 2.79. The molecule has 0 fully saturated rings. The predicted molar refractivity (Wildman–Crippen MR) is 84.2 cm³/mol. The number of aryl methyl sites for hydroxylation is 1. The molecule has 3 aromatic rings. The van der Waals surface area contributed by atoms with Gasteiger partial charge in [0.15, 0.2) is 0 Å². The molecule has 0 spiro atoms. The second-order valence-electron chi connectivity index (χ2n) is 4.92. The fourth-order valence-corrected chi connectivity index (χ4v) is 2.54. The molecule has 0 atom stereocenters. The molecule has 0 unspecified atom stereocenters. The molecule has 2 aromatic heterocycles. The number of amides is 1. The van der Waals surface area contributed by atoms with Gasteiger partial charge in [-0.1, -0.05) is 18.2 Å². The normalized spacial score (nSPS) is 10.7. The van der Waals surface area contributed by atoms with Gasteiger partial charge in [0.25, 0.3) is 0 Å². The van der Waals surface area contributed by atoms with Crippen molar-refractivity contribution in [1.29, 1.82) is 0 Å². The lowest BCUT2D eigenvalue weighted by Gasteiger charge is -2.03. The summed E-state index contributed by atoms with van der Waals surface area (Å²) in [5.74, 6) is -0.0137. The highest BCUT2D eigenvalue weighted by atomic mass is 16.1. The van der Waals surface area contributed by atoms with Gasteiger partial charge in [0.05, 0.1) is 6.42 Å². The molecule has 4 heteroatoms. The molecule has 0 bridgehead atoms. The highest BCUT2D eigenvalue weighted by Gasteiger charge is 2.11. The average molecular weight is 279 g/mol. The Labute approximate surface area is 123 Å². The Balaban J connectivity index is 1.83. The highest BCUT2D eigenvalue weighted by molar-refractivity contribution is 5.95. The summed E-state index contributed by atoms with van der Waals surface area (Å²) in [5.41, 5.74) is 3.00. The van der Waals surface area contributed by atoms with E-state index in [0.717, 1.165) is 23.2 Å². The first-order valence-electron chi connectivity index (χ1n) is 7.04. The van der Waals surface area contributed by atoms with Crippen molar-refractivity contribution in [2.45, 2.75) is 19.9 Å². The van der Waals surface area contributed by atoms with Crippen LogP contribution in [0.15, 0.2) is 55.0 Å².